The van der Waals surface area contributed by atoms with Gasteiger partial charge in [-0.1, -0.05) is 36.4 Å². The van der Waals surface area contributed by atoms with Gasteiger partial charge in [-0.25, -0.2) is 18.7 Å². The number of carbonyl (C=O) groups is 3. The summed E-state index contributed by atoms with van der Waals surface area (Å²) in [7, 11) is -4.16. The maximum atomic E-state index is 13.6. The second kappa shape index (κ2) is 9.89. The fraction of sp³-hybridized carbons (Fsp3) is 0.227. The number of hydroxylamine groups is 1. The van der Waals surface area contributed by atoms with E-state index in [1.807, 2.05) is 17.5 Å². The zero-order valence-corrected chi connectivity index (χ0v) is 19.5. The lowest BCUT2D eigenvalue weighted by molar-refractivity contribution is -0.133. The molecule has 0 radical (unpaired) electrons. The number of imide groups is 1. The summed E-state index contributed by atoms with van der Waals surface area (Å²) in [6, 6.07) is 13.3. The van der Waals surface area contributed by atoms with Crippen molar-refractivity contribution in [1.82, 2.24) is 20.0 Å². The highest BCUT2D eigenvalue weighted by molar-refractivity contribution is 7.88. The summed E-state index contributed by atoms with van der Waals surface area (Å²) in [5.74, 6) is -1.87. The second-order valence-electron chi connectivity index (χ2n) is 7.65. The summed E-state index contributed by atoms with van der Waals surface area (Å²) >= 11 is 1.54. The van der Waals surface area contributed by atoms with Crippen LogP contribution in [0.2, 0.25) is 0 Å². The molecule has 0 saturated carbocycles. The van der Waals surface area contributed by atoms with E-state index in [0.29, 0.717) is 11.1 Å². The van der Waals surface area contributed by atoms with Gasteiger partial charge in [0, 0.05) is 17.8 Å². The van der Waals surface area contributed by atoms with E-state index in [4.69, 9.17) is 0 Å². The van der Waals surface area contributed by atoms with Crippen LogP contribution in [-0.2, 0) is 25.4 Å². The Labute approximate surface area is 199 Å². The lowest BCUT2D eigenvalue weighted by Crippen LogP contribution is -2.47. The van der Waals surface area contributed by atoms with Crippen LogP contribution in [0.1, 0.15) is 17.2 Å². The second-order valence-corrected chi connectivity index (χ2v) is 10.5. The van der Waals surface area contributed by atoms with Crippen molar-refractivity contribution in [2.75, 3.05) is 19.6 Å². The van der Waals surface area contributed by atoms with E-state index in [0.717, 1.165) is 19.3 Å². The van der Waals surface area contributed by atoms with Crippen molar-refractivity contribution in [3.63, 3.8) is 0 Å². The molecule has 1 saturated heterocycles. The third-order valence-corrected chi connectivity index (χ3v) is 8.17. The fourth-order valence-electron chi connectivity index (χ4n) is 3.85. The van der Waals surface area contributed by atoms with Crippen molar-refractivity contribution < 1.29 is 28.0 Å². The topological polar surface area (TPSA) is 136 Å². The minimum absolute atomic E-state index is 0.175. The largest absolute Gasteiger partial charge is 0.329 e. The van der Waals surface area contributed by atoms with Crippen LogP contribution in [0.4, 0.5) is 4.79 Å². The third-order valence-electron chi connectivity index (χ3n) is 5.47. The van der Waals surface area contributed by atoms with Crippen molar-refractivity contribution >= 4 is 49.3 Å². The molecule has 2 heterocycles. The molecule has 0 spiro atoms. The van der Waals surface area contributed by atoms with Crippen LogP contribution in [0.3, 0.4) is 0 Å². The molecule has 2 aromatic carbocycles. The molecule has 1 atom stereocenters. The Morgan fingerprint density at radius 2 is 1.94 bits per heavy atom. The molecule has 4 amide bonds. The highest BCUT2D eigenvalue weighted by atomic mass is 32.2. The first-order valence-electron chi connectivity index (χ1n) is 10.3. The fourth-order valence-corrected chi connectivity index (χ4v) is 6.29. The summed E-state index contributed by atoms with van der Waals surface area (Å²) < 4.78 is 29.2. The minimum atomic E-state index is -4.16. The van der Waals surface area contributed by atoms with E-state index in [9.17, 15) is 28.0 Å². The number of nitrogens with one attached hydrogen (secondary N) is 2. The average Bonchev–Trinajstić information content (AvgIpc) is 3.42. The average molecular weight is 503 g/mol. The monoisotopic (exact) mass is 502 g/mol. The van der Waals surface area contributed by atoms with Crippen LogP contribution in [0.25, 0.3) is 10.1 Å². The van der Waals surface area contributed by atoms with Crippen molar-refractivity contribution in [2.45, 2.75) is 11.8 Å². The maximum Gasteiger partial charge on any atom is 0.324 e. The van der Waals surface area contributed by atoms with Gasteiger partial charge in [0.25, 0.3) is 5.91 Å². The molecule has 34 heavy (non-hydrogen) atoms. The van der Waals surface area contributed by atoms with Crippen molar-refractivity contribution in [1.29, 1.82) is 0 Å². The van der Waals surface area contributed by atoms with E-state index in [2.05, 4.69) is 5.32 Å². The summed E-state index contributed by atoms with van der Waals surface area (Å²) in [6.45, 7) is -0.768. The minimum Gasteiger partial charge on any atom is -0.329 e. The van der Waals surface area contributed by atoms with E-state index < -0.39 is 39.7 Å². The number of carbonyl (C=O) groups excluding carboxylic acids is 3. The molecule has 12 heteroatoms. The number of fused-ring (bicyclic) bond motifs is 1. The van der Waals surface area contributed by atoms with Crippen molar-refractivity contribution in [3.05, 3.63) is 71.1 Å². The summed E-state index contributed by atoms with van der Waals surface area (Å²) in [5, 5.41) is 14.6. The Kier molecular flexibility index (Phi) is 6.93. The smallest absolute Gasteiger partial charge is 0.324 e. The van der Waals surface area contributed by atoms with Crippen LogP contribution >= 0.6 is 11.3 Å². The van der Waals surface area contributed by atoms with Gasteiger partial charge in [-0.05, 0) is 40.1 Å². The molecular formula is C22H22N4O6S2. The number of sulfonamides is 1. The molecule has 0 aliphatic carbocycles. The van der Waals surface area contributed by atoms with Crippen LogP contribution in [0.15, 0.2) is 60.0 Å². The third kappa shape index (κ3) is 4.94. The van der Waals surface area contributed by atoms with Crippen molar-refractivity contribution in [2.24, 2.45) is 0 Å². The normalized spacial score (nSPS) is 15.1. The highest BCUT2D eigenvalue weighted by Gasteiger charge is 2.38. The number of nitrogens with zero attached hydrogens (tertiary/aromatic N) is 2. The van der Waals surface area contributed by atoms with Gasteiger partial charge >= 0.3 is 6.03 Å². The Morgan fingerprint density at radius 1 is 1.18 bits per heavy atom. The standard InChI is InChI=1S/C22H22N4O6S2/c27-19-13-23-22(29)25(19)9-10-26(20(21(28)24-30)16-4-2-1-3-5-16)34(31,32)14-15-6-7-18-17(12-15)8-11-33-18/h1-8,11-12,20,30H,9-10,13-14H2,(H,23,29)(H,24,28)/t20-/m1/s1. The van der Waals surface area contributed by atoms with Crippen molar-refractivity contribution in [3.8, 4) is 0 Å². The van der Waals surface area contributed by atoms with Gasteiger partial charge in [0.05, 0.1) is 12.3 Å². The number of hydrogen-bond acceptors (Lipinski definition) is 7. The number of rotatable bonds is 9. The molecule has 1 aromatic heterocycles. The Hall–Kier alpha value is -3.32. The van der Waals surface area contributed by atoms with Crippen LogP contribution in [0.5, 0.6) is 0 Å². The molecule has 1 aliphatic heterocycles. The summed E-state index contributed by atoms with van der Waals surface area (Å²) in [4.78, 5) is 37.6. The molecule has 3 aromatic rings. The number of urea groups is 1. The number of thiophene rings is 1. The number of amides is 4. The van der Waals surface area contributed by atoms with Gasteiger partial charge in [0.2, 0.25) is 15.9 Å². The quantitative estimate of drug-likeness (QED) is 0.232. The maximum absolute atomic E-state index is 13.6. The molecule has 1 fully saturated rings. The predicted octanol–water partition coefficient (Wildman–Crippen LogP) is 1.83. The predicted molar refractivity (Wildman–Crippen MR) is 125 cm³/mol. The molecule has 0 bridgehead atoms. The summed E-state index contributed by atoms with van der Waals surface area (Å²) in [5.41, 5.74) is 2.38. The van der Waals surface area contributed by atoms with Gasteiger partial charge in [0.1, 0.15) is 6.04 Å². The lowest BCUT2D eigenvalue weighted by Gasteiger charge is -2.30. The first-order valence-corrected chi connectivity index (χ1v) is 12.8. The van der Waals surface area contributed by atoms with Gasteiger partial charge in [-0.2, -0.15) is 4.31 Å². The van der Waals surface area contributed by atoms with Crippen LogP contribution < -0.4 is 10.8 Å². The highest BCUT2D eigenvalue weighted by Crippen LogP contribution is 2.28. The zero-order valence-electron chi connectivity index (χ0n) is 17.9. The summed E-state index contributed by atoms with van der Waals surface area (Å²) in [6.07, 6.45) is 0. The Balaban J connectivity index is 1.70. The van der Waals surface area contributed by atoms with Gasteiger partial charge in [-0.3, -0.25) is 19.7 Å². The van der Waals surface area contributed by atoms with E-state index in [1.54, 1.807) is 47.9 Å². The number of hydrogen-bond donors (Lipinski definition) is 3. The van der Waals surface area contributed by atoms with Crippen LogP contribution in [0, 0.1) is 0 Å². The first-order chi connectivity index (χ1) is 16.3. The molecule has 10 nitrogen and oxygen atoms in total. The zero-order chi connectivity index (χ0) is 24.3. The van der Waals surface area contributed by atoms with E-state index >= 15 is 0 Å². The van der Waals surface area contributed by atoms with E-state index in [1.165, 1.54) is 11.3 Å². The number of benzene rings is 2. The van der Waals surface area contributed by atoms with Gasteiger partial charge in [0.15, 0.2) is 0 Å². The Bertz CT molecular complexity index is 1310. The molecule has 1 aliphatic rings. The molecule has 4 rings (SSSR count). The molecule has 178 valence electrons. The van der Waals surface area contributed by atoms with Gasteiger partial charge < -0.3 is 5.32 Å². The Morgan fingerprint density at radius 3 is 2.62 bits per heavy atom. The van der Waals surface area contributed by atoms with Gasteiger partial charge in [-0.15, -0.1) is 11.3 Å². The van der Waals surface area contributed by atoms with E-state index in [-0.39, 0.29) is 19.6 Å². The SMILES string of the molecule is O=C(NO)[C@@H](c1ccccc1)N(CCN1C(=O)CNC1=O)S(=O)(=O)Cc1ccc2sccc2c1. The van der Waals surface area contributed by atoms with Crippen LogP contribution in [-0.4, -0.2) is 60.3 Å². The lowest BCUT2D eigenvalue weighted by atomic mass is 10.1. The molecule has 3 N–H and O–H groups in total. The first kappa shape index (κ1) is 23.8. The molecule has 0 unspecified atom stereocenters. The molecular weight excluding hydrogens is 480 g/mol.